The number of hydrogen-bond donors (Lipinski definition) is 0. The Morgan fingerprint density at radius 2 is 0.901 bits per heavy atom. The Kier molecular flexibility index (Phi) is 10.8. The molecule has 3 aliphatic rings. The predicted octanol–water partition coefficient (Wildman–Crippen LogP) is 18.8. The van der Waals surface area contributed by atoms with Crippen LogP contribution < -0.4 is 0 Å². The lowest BCUT2D eigenvalue weighted by atomic mass is 9.72. The smallest absolute Gasteiger partial charge is 0.144 e. The van der Waals surface area contributed by atoms with E-state index in [1.54, 1.807) is 0 Å². The van der Waals surface area contributed by atoms with Gasteiger partial charge in [0.2, 0.25) is 0 Å². The van der Waals surface area contributed by atoms with E-state index in [-0.39, 0.29) is 16.2 Å². The number of pyridine rings is 1. The van der Waals surface area contributed by atoms with Gasteiger partial charge in [0.1, 0.15) is 11.2 Å². The fraction of sp³-hybridized carbons (Fsp3) is 0.232. The highest BCUT2D eigenvalue weighted by atomic mass is 16.3. The van der Waals surface area contributed by atoms with Crippen molar-refractivity contribution in [2.24, 2.45) is 0 Å². The SMILES string of the molecule is Cc1cc(C)cc(C)c1.Cc1ccc2c(c1)C(C)(C)c1c3c(c4oc5ccccc5c4c1-2)-c1ccccc1C3(C)C.Cc1ccc2c(c1)C(C)(C)c1cc(-c3ccncc3)c(C)c(-c3ccccc3C)c1-2. The maximum atomic E-state index is 6.68. The van der Waals surface area contributed by atoms with Crippen molar-refractivity contribution in [1.29, 1.82) is 0 Å². The molecule has 0 bridgehead atoms. The Bertz CT molecular complexity index is 3750. The van der Waals surface area contributed by atoms with E-state index in [0.29, 0.717) is 0 Å². The molecular formula is C69H65NO. The highest BCUT2D eigenvalue weighted by molar-refractivity contribution is 6.20. The Hall–Kier alpha value is -7.29. The molecule has 0 amide bonds. The standard InChI is InChI=1S/C31H26O.C29H27N.C9H12/c1-17-14-15-19-22(16-17)31(4,5)27-24(19)25-20-11-7-9-13-23(20)32-29(25)26-18-10-6-8-12-21(18)30(2,3)28(26)27;1-18-10-11-23-25(16-18)29(4,5)26-17-24(21-12-14-30-15-13-21)20(3)27(28(23)26)22-9-7-6-8-19(22)2;1-7-4-8(2)6-9(3)5-7/h6-16H,1-5H3;6-17H,1-5H3;4-6H,1-3H3. The van der Waals surface area contributed by atoms with Crippen LogP contribution in [0.1, 0.15) is 114 Å². The second-order valence-corrected chi connectivity index (χ2v) is 22.4. The predicted molar refractivity (Wildman–Crippen MR) is 301 cm³/mol. The Morgan fingerprint density at radius 1 is 0.380 bits per heavy atom. The number of hydrogen-bond acceptors (Lipinski definition) is 2. The molecule has 0 spiro atoms. The Balaban J connectivity index is 0.000000132. The molecule has 8 aromatic carbocycles. The molecule has 0 atom stereocenters. The van der Waals surface area contributed by atoms with Crippen molar-refractivity contribution in [2.75, 3.05) is 0 Å². The molecule has 0 N–H and O–H groups in total. The molecule has 2 heterocycles. The van der Waals surface area contributed by atoms with E-state index in [0.717, 1.165) is 11.2 Å². The van der Waals surface area contributed by atoms with Gasteiger partial charge in [0.15, 0.2) is 0 Å². The summed E-state index contributed by atoms with van der Waals surface area (Å²) in [5.41, 5.74) is 33.1. The van der Waals surface area contributed by atoms with Crippen LogP contribution >= 0.6 is 0 Å². The third-order valence-electron chi connectivity index (χ3n) is 16.2. The fourth-order valence-corrected chi connectivity index (χ4v) is 13.0. The van der Waals surface area contributed by atoms with E-state index >= 15 is 0 Å². The minimum atomic E-state index is -0.0858. The van der Waals surface area contributed by atoms with E-state index in [9.17, 15) is 0 Å². The maximum absolute atomic E-state index is 6.68. The molecule has 10 aromatic rings. The first-order valence-corrected chi connectivity index (χ1v) is 25.4. The minimum absolute atomic E-state index is 0.0381. The van der Waals surface area contributed by atoms with Crippen LogP contribution in [0.5, 0.6) is 0 Å². The number of para-hydroxylation sites is 1. The normalized spacial score (nSPS) is 14.6. The molecule has 2 aromatic heterocycles. The van der Waals surface area contributed by atoms with Crippen molar-refractivity contribution >= 4 is 21.9 Å². The van der Waals surface area contributed by atoms with Gasteiger partial charge in [-0.25, -0.2) is 0 Å². The van der Waals surface area contributed by atoms with Gasteiger partial charge in [0.25, 0.3) is 0 Å². The number of fused-ring (bicyclic) bond motifs is 15. The molecule has 13 rings (SSSR count). The molecule has 0 aliphatic heterocycles. The van der Waals surface area contributed by atoms with Crippen LogP contribution in [0, 0.1) is 48.5 Å². The van der Waals surface area contributed by atoms with E-state index in [2.05, 4.69) is 241 Å². The van der Waals surface area contributed by atoms with Crippen molar-refractivity contribution < 1.29 is 4.42 Å². The fourth-order valence-electron chi connectivity index (χ4n) is 13.0. The molecule has 0 radical (unpaired) electrons. The molecule has 0 saturated carbocycles. The van der Waals surface area contributed by atoms with Crippen LogP contribution in [-0.4, -0.2) is 4.98 Å². The second-order valence-electron chi connectivity index (χ2n) is 22.4. The van der Waals surface area contributed by atoms with Gasteiger partial charge in [-0.1, -0.05) is 191 Å². The molecule has 2 nitrogen and oxygen atoms in total. The van der Waals surface area contributed by atoms with Crippen molar-refractivity contribution in [1.82, 2.24) is 4.98 Å². The van der Waals surface area contributed by atoms with Crippen LogP contribution in [0.3, 0.4) is 0 Å². The summed E-state index contributed by atoms with van der Waals surface area (Å²) in [5, 5.41) is 2.49. The summed E-state index contributed by atoms with van der Waals surface area (Å²) in [5.74, 6) is 0. The number of nitrogens with zero attached hydrogens (tertiary/aromatic N) is 1. The number of rotatable bonds is 2. The molecule has 0 unspecified atom stereocenters. The summed E-state index contributed by atoms with van der Waals surface area (Å²) < 4.78 is 6.68. The first-order valence-electron chi connectivity index (χ1n) is 25.4. The zero-order valence-corrected chi connectivity index (χ0v) is 43.9. The monoisotopic (exact) mass is 924 g/mol. The minimum Gasteiger partial charge on any atom is -0.455 e. The number of benzene rings is 8. The van der Waals surface area contributed by atoms with Gasteiger partial charge in [-0.3, -0.25) is 4.98 Å². The quantitative estimate of drug-likeness (QED) is 0.173. The summed E-state index contributed by atoms with van der Waals surface area (Å²) in [6.07, 6.45) is 3.78. The first kappa shape index (κ1) is 46.1. The average Bonchev–Trinajstić information content (AvgIpc) is 3.97. The maximum Gasteiger partial charge on any atom is 0.144 e. The van der Waals surface area contributed by atoms with Crippen LogP contribution in [0.15, 0.2) is 162 Å². The topological polar surface area (TPSA) is 26.0 Å². The van der Waals surface area contributed by atoms with Gasteiger partial charge >= 0.3 is 0 Å². The number of aryl methyl sites for hydroxylation is 6. The van der Waals surface area contributed by atoms with Crippen molar-refractivity contribution in [3.05, 3.63) is 230 Å². The average molecular weight is 924 g/mol. The zero-order valence-electron chi connectivity index (χ0n) is 43.9. The van der Waals surface area contributed by atoms with Gasteiger partial charge in [0.05, 0.1) is 0 Å². The van der Waals surface area contributed by atoms with Crippen LogP contribution in [0.2, 0.25) is 0 Å². The van der Waals surface area contributed by atoms with Gasteiger partial charge in [-0.15, -0.1) is 0 Å². The number of aromatic nitrogens is 1. The third-order valence-corrected chi connectivity index (χ3v) is 16.2. The lowest BCUT2D eigenvalue weighted by Crippen LogP contribution is -2.24. The molecule has 352 valence electrons. The summed E-state index contributed by atoms with van der Waals surface area (Å²) in [6.45, 7) is 29.6. The lowest BCUT2D eigenvalue weighted by Gasteiger charge is -2.31. The highest BCUT2D eigenvalue weighted by Gasteiger charge is 2.48. The zero-order chi connectivity index (χ0) is 49.9. The molecule has 71 heavy (non-hydrogen) atoms. The van der Waals surface area contributed by atoms with Crippen molar-refractivity contribution in [2.45, 2.75) is 106 Å². The summed E-state index contributed by atoms with van der Waals surface area (Å²) in [6, 6.07) is 53.4. The van der Waals surface area contributed by atoms with Crippen LogP contribution in [0.25, 0.3) is 77.6 Å². The summed E-state index contributed by atoms with van der Waals surface area (Å²) >= 11 is 0. The Morgan fingerprint density at radius 3 is 1.55 bits per heavy atom. The highest BCUT2D eigenvalue weighted by Crippen LogP contribution is 2.63. The summed E-state index contributed by atoms with van der Waals surface area (Å²) in [4.78, 5) is 4.24. The number of furan rings is 1. The molecule has 2 heteroatoms. The van der Waals surface area contributed by atoms with Gasteiger partial charge in [-0.2, -0.15) is 0 Å². The van der Waals surface area contributed by atoms with Crippen molar-refractivity contribution in [3.8, 4) is 55.6 Å². The molecule has 0 saturated heterocycles. The van der Waals surface area contributed by atoms with Gasteiger partial charge in [0, 0.05) is 45.0 Å². The van der Waals surface area contributed by atoms with Crippen LogP contribution in [-0.2, 0) is 16.2 Å². The van der Waals surface area contributed by atoms with Gasteiger partial charge < -0.3 is 4.42 Å². The van der Waals surface area contributed by atoms with E-state index < -0.39 is 0 Å². The summed E-state index contributed by atoms with van der Waals surface area (Å²) in [7, 11) is 0. The van der Waals surface area contributed by atoms with Crippen molar-refractivity contribution in [3.63, 3.8) is 0 Å². The van der Waals surface area contributed by atoms with Crippen LogP contribution in [0.4, 0.5) is 0 Å². The molecular weight excluding hydrogens is 859 g/mol. The lowest BCUT2D eigenvalue weighted by molar-refractivity contribution is 0.600. The Labute approximate surface area is 421 Å². The van der Waals surface area contributed by atoms with E-state index in [1.165, 1.54) is 139 Å². The molecule has 3 aliphatic carbocycles. The van der Waals surface area contributed by atoms with Gasteiger partial charge in [-0.05, 0) is 167 Å². The van der Waals surface area contributed by atoms with E-state index in [4.69, 9.17) is 4.42 Å². The largest absolute Gasteiger partial charge is 0.455 e. The first-order chi connectivity index (χ1) is 33.9. The van der Waals surface area contributed by atoms with E-state index in [1.807, 2.05) is 12.4 Å². The molecule has 0 fully saturated rings. The third kappa shape index (κ3) is 7.16. The second kappa shape index (κ2) is 16.7.